The van der Waals surface area contributed by atoms with E-state index in [1.165, 1.54) is 0 Å². The molecule has 0 amide bonds. The predicted octanol–water partition coefficient (Wildman–Crippen LogP) is 6.41. The maximum atomic E-state index is 13.0. The van der Waals surface area contributed by atoms with Gasteiger partial charge in [0.1, 0.15) is 28.2 Å². The molecule has 5 aromatic rings. The molecule has 0 spiro atoms. The van der Waals surface area contributed by atoms with Crippen LogP contribution in [0.4, 0.5) is 0 Å². The highest BCUT2D eigenvalue weighted by atomic mass is 32.1. The highest BCUT2D eigenvalue weighted by molar-refractivity contribution is 7.00. The number of carboxylic acid groups (broad SMARTS) is 1. The van der Waals surface area contributed by atoms with E-state index in [9.17, 15) is 9.90 Å². The first-order valence-electron chi connectivity index (χ1n) is 13.1. The average Bonchev–Trinajstić information content (AvgIpc) is 3.72. The molecule has 1 aliphatic carbocycles. The summed E-state index contributed by atoms with van der Waals surface area (Å²) in [6.45, 7) is 0.230. The Morgan fingerprint density at radius 1 is 0.925 bits per heavy atom. The standard InChI is InChI=1S/C30H29N3O6S/c1-36-20-9-11-25(37-2)18(12-20)16-33-24-15-27(39-19-6-4-5-7-19)26(38-3)14-21(24)28(29(33)30(34)35)17-8-10-22-23(13-17)32-40-31-22/h8-15,19H,4-7,16H2,1-3H3,(H,34,35). The van der Waals surface area contributed by atoms with Gasteiger partial charge in [-0.25, -0.2) is 4.79 Å². The molecule has 0 bridgehead atoms. The summed E-state index contributed by atoms with van der Waals surface area (Å²) in [6.07, 6.45) is 4.32. The van der Waals surface area contributed by atoms with Crippen molar-refractivity contribution in [1.82, 2.24) is 13.3 Å². The van der Waals surface area contributed by atoms with E-state index >= 15 is 0 Å². The van der Waals surface area contributed by atoms with Crippen molar-refractivity contribution in [2.45, 2.75) is 38.3 Å². The third-order valence-corrected chi connectivity index (χ3v) is 8.06. The molecule has 0 aliphatic heterocycles. The number of hydrogen-bond donors (Lipinski definition) is 1. The van der Waals surface area contributed by atoms with Gasteiger partial charge in [0.2, 0.25) is 0 Å². The minimum absolute atomic E-state index is 0.103. The van der Waals surface area contributed by atoms with Crippen LogP contribution in [0.3, 0.4) is 0 Å². The molecule has 2 heterocycles. The number of fused-ring (bicyclic) bond motifs is 2. The predicted molar refractivity (Wildman–Crippen MR) is 153 cm³/mol. The molecule has 1 saturated carbocycles. The summed E-state index contributed by atoms with van der Waals surface area (Å²) in [6, 6.07) is 14.9. The van der Waals surface area contributed by atoms with Gasteiger partial charge in [-0.3, -0.25) is 0 Å². The van der Waals surface area contributed by atoms with E-state index in [1.807, 2.05) is 48.5 Å². The lowest BCUT2D eigenvalue weighted by atomic mass is 10.0. The topological polar surface area (TPSA) is 105 Å². The lowest BCUT2D eigenvalue weighted by Gasteiger charge is -2.17. The summed E-state index contributed by atoms with van der Waals surface area (Å²) in [4.78, 5) is 13.0. The molecule has 0 saturated heterocycles. The minimum atomic E-state index is -1.05. The zero-order valence-corrected chi connectivity index (χ0v) is 23.3. The number of aromatic nitrogens is 3. The summed E-state index contributed by atoms with van der Waals surface area (Å²) in [7, 11) is 4.80. The maximum absolute atomic E-state index is 13.0. The van der Waals surface area contributed by atoms with E-state index < -0.39 is 5.97 Å². The molecular weight excluding hydrogens is 530 g/mol. The van der Waals surface area contributed by atoms with Gasteiger partial charge in [0.15, 0.2) is 11.5 Å². The fourth-order valence-electron chi connectivity index (χ4n) is 5.59. The van der Waals surface area contributed by atoms with Crippen LogP contribution in [-0.2, 0) is 6.54 Å². The molecule has 1 fully saturated rings. The molecule has 9 nitrogen and oxygen atoms in total. The van der Waals surface area contributed by atoms with Crippen molar-refractivity contribution in [2.75, 3.05) is 21.3 Å². The molecule has 0 radical (unpaired) electrons. The van der Waals surface area contributed by atoms with E-state index in [-0.39, 0.29) is 18.3 Å². The molecule has 0 atom stereocenters. The normalized spacial score (nSPS) is 13.7. The Kier molecular flexibility index (Phi) is 6.93. The Morgan fingerprint density at radius 2 is 1.70 bits per heavy atom. The van der Waals surface area contributed by atoms with E-state index in [0.717, 1.165) is 59.4 Å². The van der Waals surface area contributed by atoms with Crippen LogP contribution in [0.5, 0.6) is 23.0 Å². The Bertz CT molecular complexity index is 1720. The van der Waals surface area contributed by atoms with E-state index in [1.54, 1.807) is 25.9 Å². The van der Waals surface area contributed by atoms with Crippen LogP contribution in [0.2, 0.25) is 0 Å². The number of carboxylic acids is 1. The lowest BCUT2D eigenvalue weighted by molar-refractivity contribution is 0.0687. The third kappa shape index (κ3) is 4.58. The molecule has 3 aromatic carbocycles. The van der Waals surface area contributed by atoms with Gasteiger partial charge in [0.25, 0.3) is 0 Å². The van der Waals surface area contributed by atoms with Gasteiger partial charge in [-0.1, -0.05) is 6.07 Å². The minimum Gasteiger partial charge on any atom is -0.497 e. The summed E-state index contributed by atoms with van der Waals surface area (Å²) < 4.78 is 33.8. The summed E-state index contributed by atoms with van der Waals surface area (Å²) in [5.74, 6) is 1.39. The zero-order chi connectivity index (χ0) is 27.8. The van der Waals surface area contributed by atoms with Crippen molar-refractivity contribution >= 4 is 39.6 Å². The SMILES string of the molecule is COc1ccc(OC)c(Cn2c(C(=O)O)c(-c3ccc4nsnc4c3)c3cc(OC)c(OC4CCCC4)cc32)c1. The van der Waals surface area contributed by atoms with Gasteiger partial charge in [0.05, 0.1) is 51.2 Å². The zero-order valence-electron chi connectivity index (χ0n) is 22.5. The molecule has 1 N–H and O–H groups in total. The van der Waals surface area contributed by atoms with Crippen LogP contribution in [0.15, 0.2) is 48.5 Å². The van der Waals surface area contributed by atoms with Crippen molar-refractivity contribution < 1.29 is 28.8 Å². The Balaban J connectivity index is 1.63. The quantitative estimate of drug-likeness (QED) is 0.221. The average molecular weight is 560 g/mol. The summed E-state index contributed by atoms with van der Waals surface area (Å²) >= 11 is 1.12. The van der Waals surface area contributed by atoms with E-state index in [4.69, 9.17) is 18.9 Å². The van der Waals surface area contributed by atoms with E-state index in [0.29, 0.717) is 39.6 Å². The van der Waals surface area contributed by atoms with Crippen LogP contribution in [0.1, 0.15) is 41.7 Å². The van der Waals surface area contributed by atoms with Crippen LogP contribution in [0.25, 0.3) is 33.1 Å². The van der Waals surface area contributed by atoms with Crippen LogP contribution >= 0.6 is 11.7 Å². The van der Waals surface area contributed by atoms with E-state index in [2.05, 4.69) is 8.75 Å². The first kappa shape index (κ1) is 25.9. The van der Waals surface area contributed by atoms with Crippen LogP contribution < -0.4 is 18.9 Å². The molecule has 6 rings (SSSR count). The Labute approximate surface area is 235 Å². The molecule has 1 aliphatic rings. The number of hydrogen-bond acceptors (Lipinski definition) is 8. The van der Waals surface area contributed by atoms with Gasteiger partial charge >= 0.3 is 5.97 Å². The second-order valence-corrected chi connectivity index (χ2v) is 10.3. The Hall–Kier alpha value is -4.31. The molecule has 2 aromatic heterocycles. The highest BCUT2D eigenvalue weighted by Crippen LogP contribution is 2.43. The fourth-order valence-corrected chi connectivity index (χ4v) is 6.10. The molecule has 0 unspecified atom stereocenters. The van der Waals surface area contributed by atoms with Crippen molar-refractivity contribution in [2.24, 2.45) is 0 Å². The van der Waals surface area contributed by atoms with Crippen molar-refractivity contribution in [3.05, 3.63) is 59.8 Å². The number of benzene rings is 3. The van der Waals surface area contributed by atoms with Gasteiger partial charge in [-0.05, 0) is 67.6 Å². The monoisotopic (exact) mass is 559 g/mol. The fraction of sp³-hybridized carbons (Fsp3) is 0.300. The van der Waals surface area contributed by atoms with Gasteiger partial charge in [-0.2, -0.15) is 8.75 Å². The summed E-state index contributed by atoms with van der Waals surface area (Å²) in [5, 5.41) is 11.4. The maximum Gasteiger partial charge on any atom is 0.353 e. The second-order valence-electron chi connectivity index (χ2n) is 9.80. The first-order chi connectivity index (χ1) is 19.5. The van der Waals surface area contributed by atoms with Crippen LogP contribution in [-0.4, -0.2) is 51.8 Å². The van der Waals surface area contributed by atoms with Crippen molar-refractivity contribution in [3.63, 3.8) is 0 Å². The third-order valence-electron chi connectivity index (χ3n) is 7.51. The number of aromatic carboxylic acids is 1. The molecule has 10 heteroatoms. The van der Waals surface area contributed by atoms with Crippen molar-refractivity contribution in [3.8, 4) is 34.1 Å². The second kappa shape index (κ2) is 10.7. The van der Waals surface area contributed by atoms with Gasteiger partial charge in [0, 0.05) is 22.6 Å². The van der Waals surface area contributed by atoms with Crippen molar-refractivity contribution in [1.29, 1.82) is 0 Å². The molecular formula is C30H29N3O6S. The van der Waals surface area contributed by atoms with Crippen LogP contribution in [0, 0.1) is 0 Å². The Morgan fingerprint density at radius 3 is 2.42 bits per heavy atom. The lowest BCUT2D eigenvalue weighted by Crippen LogP contribution is -2.13. The van der Waals surface area contributed by atoms with Gasteiger partial charge in [-0.15, -0.1) is 0 Å². The number of carbonyl (C=O) groups is 1. The number of methoxy groups -OCH3 is 3. The first-order valence-corrected chi connectivity index (χ1v) is 13.8. The van der Waals surface area contributed by atoms with Gasteiger partial charge < -0.3 is 28.6 Å². The molecule has 40 heavy (non-hydrogen) atoms. The smallest absolute Gasteiger partial charge is 0.353 e. The number of rotatable bonds is 9. The highest BCUT2D eigenvalue weighted by Gasteiger charge is 2.28. The number of nitrogens with zero attached hydrogens (tertiary/aromatic N) is 3. The largest absolute Gasteiger partial charge is 0.497 e. The summed E-state index contributed by atoms with van der Waals surface area (Å²) in [5.41, 5.74) is 4.41. The number of ether oxygens (including phenoxy) is 4. The molecule has 206 valence electrons.